The van der Waals surface area contributed by atoms with Crippen LogP contribution in [0.1, 0.15) is 64.3 Å². The Labute approximate surface area is 204 Å². The fourth-order valence-electron chi connectivity index (χ4n) is 3.75. The first kappa shape index (κ1) is 25.6. The van der Waals surface area contributed by atoms with Gasteiger partial charge in [0.2, 0.25) is 0 Å². The number of aryl methyl sites for hydroxylation is 1. The molecule has 2 amide bonds. The van der Waals surface area contributed by atoms with Gasteiger partial charge in [0.05, 0.1) is 18.8 Å². The van der Waals surface area contributed by atoms with Crippen molar-refractivity contribution in [3.05, 3.63) is 39.8 Å². The molecule has 1 aromatic heterocycles. The summed E-state index contributed by atoms with van der Waals surface area (Å²) in [4.78, 5) is 40.6. The highest BCUT2D eigenvalue weighted by molar-refractivity contribution is 7.16. The lowest BCUT2D eigenvalue weighted by Crippen LogP contribution is -2.38. The van der Waals surface area contributed by atoms with E-state index in [4.69, 9.17) is 14.2 Å². The lowest BCUT2D eigenvalue weighted by atomic mass is 10.1. The number of anilines is 1. The van der Waals surface area contributed by atoms with Crippen LogP contribution in [0.2, 0.25) is 0 Å². The normalized spacial score (nSPS) is 13.4. The molecule has 2 aromatic rings. The molecule has 9 heteroatoms. The van der Waals surface area contributed by atoms with Crippen molar-refractivity contribution in [1.29, 1.82) is 0 Å². The molecule has 0 spiro atoms. The van der Waals surface area contributed by atoms with Crippen LogP contribution in [0.5, 0.6) is 11.5 Å². The summed E-state index contributed by atoms with van der Waals surface area (Å²) in [5.74, 6) is -0.121. The Bertz CT molecular complexity index is 1040. The number of esters is 1. The molecule has 0 aliphatic carbocycles. The maximum atomic E-state index is 13.0. The van der Waals surface area contributed by atoms with E-state index in [-0.39, 0.29) is 25.0 Å². The van der Waals surface area contributed by atoms with Crippen molar-refractivity contribution in [2.75, 3.05) is 38.2 Å². The topological polar surface area (TPSA) is 94.2 Å². The van der Waals surface area contributed by atoms with Crippen LogP contribution in [0.4, 0.5) is 5.00 Å². The Morgan fingerprint density at radius 3 is 2.41 bits per heavy atom. The number of hydrogen-bond acceptors (Lipinski definition) is 7. The minimum atomic E-state index is -0.461. The summed E-state index contributed by atoms with van der Waals surface area (Å²) in [6, 6.07) is 4.81. The van der Waals surface area contributed by atoms with Gasteiger partial charge in [0.15, 0.2) is 18.1 Å². The molecule has 184 valence electrons. The monoisotopic (exact) mass is 488 g/mol. The van der Waals surface area contributed by atoms with Crippen molar-refractivity contribution < 1.29 is 28.6 Å². The molecule has 0 saturated carbocycles. The van der Waals surface area contributed by atoms with Crippen LogP contribution < -0.4 is 14.8 Å². The molecule has 8 nitrogen and oxygen atoms in total. The third kappa shape index (κ3) is 6.08. The van der Waals surface area contributed by atoms with Gasteiger partial charge in [-0.15, -0.1) is 11.3 Å². The zero-order valence-corrected chi connectivity index (χ0v) is 21.0. The van der Waals surface area contributed by atoms with Crippen molar-refractivity contribution in [2.45, 2.75) is 47.0 Å². The fourth-order valence-corrected chi connectivity index (χ4v) is 4.79. The highest BCUT2D eigenvalue weighted by atomic mass is 32.1. The smallest absolute Gasteiger partial charge is 0.341 e. The lowest BCUT2D eigenvalue weighted by molar-refractivity contribution is -0.134. The van der Waals surface area contributed by atoms with E-state index in [1.165, 1.54) is 11.3 Å². The van der Waals surface area contributed by atoms with E-state index < -0.39 is 5.97 Å². The first-order chi connectivity index (χ1) is 16.3. The number of ether oxygens (including phenoxy) is 3. The largest absolute Gasteiger partial charge is 0.490 e. The standard InChI is InChI=1S/C25H32N2O6S/c1-5-31-20-14-18(10-11-19(20)33-15-21(28)27-12-8-7-9-13-27)23(29)26-24-22(25(30)32-6-2)16(3)17(4)34-24/h10-11,14H,5-9,12-13,15H2,1-4H3,(H,26,29). The van der Waals surface area contributed by atoms with Gasteiger partial charge in [-0.3, -0.25) is 9.59 Å². The number of nitrogens with zero attached hydrogens (tertiary/aromatic N) is 1. The molecular weight excluding hydrogens is 456 g/mol. The fraction of sp³-hybridized carbons (Fsp3) is 0.480. The zero-order chi connectivity index (χ0) is 24.7. The summed E-state index contributed by atoms with van der Waals surface area (Å²) >= 11 is 1.33. The Hall–Kier alpha value is -3.07. The molecule has 1 aliphatic rings. The SMILES string of the molecule is CCOC(=O)c1c(NC(=O)c2ccc(OCC(=O)N3CCCCC3)c(OCC)c2)sc(C)c1C. The average Bonchev–Trinajstić information content (AvgIpc) is 3.11. The van der Waals surface area contributed by atoms with Crippen molar-refractivity contribution in [3.8, 4) is 11.5 Å². The Kier molecular flexibility index (Phi) is 8.92. The Balaban J connectivity index is 1.74. The van der Waals surface area contributed by atoms with Crippen LogP contribution >= 0.6 is 11.3 Å². The van der Waals surface area contributed by atoms with Gasteiger partial charge in [-0.1, -0.05) is 0 Å². The molecule has 1 fully saturated rings. The second-order valence-electron chi connectivity index (χ2n) is 7.99. The molecule has 34 heavy (non-hydrogen) atoms. The number of nitrogens with one attached hydrogen (secondary N) is 1. The van der Waals surface area contributed by atoms with Gasteiger partial charge < -0.3 is 24.4 Å². The molecule has 1 aromatic carbocycles. The molecule has 2 heterocycles. The van der Waals surface area contributed by atoms with Gasteiger partial charge >= 0.3 is 5.97 Å². The molecule has 0 atom stereocenters. The van der Waals surface area contributed by atoms with Crippen LogP contribution in [-0.2, 0) is 9.53 Å². The number of piperidine rings is 1. The quantitative estimate of drug-likeness (QED) is 0.519. The number of rotatable bonds is 9. The molecule has 0 bridgehead atoms. The average molecular weight is 489 g/mol. The first-order valence-corrected chi connectivity index (χ1v) is 12.4. The van der Waals surface area contributed by atoms with E-state index in [0.717, 1.165) is 42.8 Å². The molecule has 0 radical (unpaired) electrons. The van der Waals surface area contributed by atoms with E-state index in [1.54, 1.807) is 25.1 Å². The number of carbonyl (C=O) groups excluding carboxylic acids is 3. The molecule has 1 saturated heterocycles. The van der Waals surface area contributed by atoms with E-state index in [2.05, 4.69) is 5.32 Å². The maximum absolute atomic E-state index is 13.0. The molecule has 1 aliphatic heterocycles. The first-order valence-electron chi connectivity index (χ1n) is 11.6. The number of carbonyl (C=O) groups is 3. The minimum absolute atomic E-state index is 0.0566. The summed E-state index contributed by atoms with van der Waals surface area (Å²) in [5, 5.41) is 3.28. The van der Waals surface area contributed by atoms with Crippen LogP contribution in [0, 0.1) is 13.8 Å². The maximum Gasteiger partial charge on any atom is 0.341 e. The van der Waals surface area contributed by atoms with Crippen molar-refractivity contribution in [1.82, 2.24) is 4.90 Å². The number of amides is 2. The van der Waals surface area contributed by atoms with E-state index in [9.17, 15) is 14.4 Å². The van der Waals surface area contributed by atoms with Gasteiger partial charge in [0.25, 0.3) is 11.8 Å². The van der Waals surface area contributed by atoms with Crippen LogP contribution in [0.15, 0.2) is 18.2 Å². The zero-order valence-electron chi connectivity index (χ0n) is 20.2. The summed E-state index contributed by atoms with van der Waals surface area (Å²) in [5.41, 5.74) is 1.51. The third-order valence-electron chi connectivity index (χ3n) is 5.66. The lowest BCUT2D eigenvalue weighted by Gasteiger charge is -2.26. The minimum Gasteiger partial charge on any atom is -0.490 e. The van der Waals surface area contributed by atoms with Crippen LogP contribution in [-0.4, -0.2) is 55.6 Å². The van der Waals surface area contributed by atoms with Crippen molar-refractivity contribution in [3.63, 3.8) is 0 Å². The number of hydrogen-bond donors (Lipinski definition) is 1. The Morgan fingerprint density at radius 2 is 1.74 bits per heavy atom. The van der Waals surface area contributed by atoms with Gasteiger partial charge in [-0.05, 0) is 70.7 Å². The molecule has 0 unspecified atom stereocenters. The van der Waals surface area contributed by atoms with Gasteiger partial charge in [-0.25, -0.2) is 4.79 Å². The van der Waals surface area contributed by atoms with E-state index in [1.807, 2.05) is 25.7 Å². The summed E-state index contributed by atoms with van der Waals surface area (Å²) < 4.78 is 16.6. The summed E-state index contributed by atoms with van der Waals surface area (Å²) in [6.45, 7) is 9.35. The second-order valence-corrected chi connectivity index (χ2v) is 9.21. The van der Waals surface area contributed by atoms with Gasteiger partial charge in [0, 0.05) is 23.5 Å². The van der Waals surface area contributed by atoms with Crippen LogP contribution in [0.25, 0.3) is 0 Å². The third-order valence-corrected chi connectivity index (χ3v) is 6.78. The van der Waals surface area contributed by atoms with Crippen molar-refractivity contribution >= 4 is 34.1 Å². The van der Waals surface area contributed by atoms with Crippen LogP contribution in [0.3, 0.4) is 0 Å². The Morgan fingerprint density at radius 1 is 1.00 bits per heavy atom. The van der Waals surface area contributed by atoms with E-state index in [0.29, 0.717) is 34.2 Å². The highest BCUT2D eigenvalue weighted by Gasteiger charge is 2.23. The summed E-state index contributed by atoms with van der Waals surface area (Å²) in [6.07, 6.45) is 3.18. The number of benzene rings is 1. The van der Waals surface area contributed by atoms with E-state index >= 15 is 0 Å². The second kappa shape index (κ2) is 11.9. The summed E-state index contributed by atoms with van der Waals surface area (Å²) in [7, 11) is 0. The predicted octanol–water partition coefficient (Wildman–Crippen LogP) is 4.58. The molecule has 3 rings (SSSR count). The molecule has 1 N–H and O–H groups in total. The van der Waals surface area contributed by atoms with Gasteiger partial charge in [0.1, 0.15) is 5.00 Å². The predicted molar refractivity (Wildman–Crippen MR) is 131 cm³/mol. The highest BCUT2D eigenvalue weighted by Crippen LogP contribution is 2.34. The number of likely N-dealkylation sites (tertiary alicyclic amines) is 1. The number of thiophene rings is 1. The molecular formula is C25H32N2O6S. The van der Waals surface area contributed by atoms with Crippen molar-refractivity contribution in [2.24, 2.45) is 0 Å². The van der Waals surface area contributed by atoms with Gasteiger partial charge in [-0.2, -0.15) is 0 Å².